The Bertz CT molecular complexity index is 230. The van der Waals surface area contributed by atoms with Gasteiger partial charge in [-0.3, -0.25) is 4.79 Å². The van der Waals surface area contributed by atoms with Crippen molar-refractivity contribution in [1.29, 1.82) is 0 Å². The van der Waals surface area contributed by atoms with Gasteiger partial charge >= 0.3 is 0 Å². The van der Waals surface area contributed by atoms with Crippen LogP contribution in [0.3, 0.4) is 0 Å². The fourth-order valence-corrected chi connectivity index (χ4v) is 1.79. The second-order valence-electron chi connectivity index (χ2n) is 3.96. The largest absolute Gasteiger partial charge is 0.339 e. The van der Waals surface area contributed by atoms with Crippen molar-refractivity contribution in [3.63, 3.8) is 0 Å². The van der Waals surface area contributed by atoms with E-state index < -0.39 is 11.8 Å². The first-order valence-electron chi connectivity index (χ1n) is 4.40. The van der Waals surface area contributed by atoms with Gasteiger partial charge in [0, 0.05) is 37.9 Å². The van der Waals surface area contributed by atoms with E-state index in [1.807, 2.05) is 0 Å². The lowest BCUT2D eigenvalue weighted by Gasteiger charge is -2.43. The van der Waals surface area contributed by atoms with Gasteiger partial charge in [0.25, 0.3) is 0 Å². The lowest BCUT2D eigenvalue weighted by atomic mass is 9.80. The molecule has 0 radical (unpaired) electrons. The molecular weight excluding hydrogens is 178 g/mol. The molecule has 0 aromatic rings. The fraction of sp³-hybridized carbons (Fsp3) is 0.875. The second kappa shape index (κ2) is 2.64. The van der Waals surface area contributed by atoms with Gasteiger partial charge in [-0.15, -0.1) is 0 Å². The highest BCUT2D eigenvalue weighted by atomic mass is 19.3. The van der Waals surface area contributed by atoms with Crippen molar-refractivity contribution >= 4 is 5.91 Å². The summed E-state index contributed by atoms with van der Waals surface area (Å²) in [6.45, 7) is 1.06. The molecule has 5 heteroatoms. The van der Waals surface area contributed by atoms with Crippen LogP contribution >= 0.6 is 0 Å². The number of nitrogens with two attached hydrogens (primary N) is 1. The van der Waals surface area contributed by atoms with E-state index in [1.165, 1.54) is 0 Å². The molecule has 2 aliphatic rings. The number of hydrogen-bond donors (Lipinski definition) is 1. The Labute approximate surface area is 74.9 Å². The molecule has 74 valence electrons. The number of nitrogens with zero attached hydrogens (tertiary/aromatic N) is 1. The van der Waals surface area contributed by atoms with Crippen LogP contribution in [0.25, 0.3) is 0 Å². The van der Waals surface area contributed by atoms with Gasteiger partial charge in [0.05, 0.1) is 0 Å². The highest BCUT2D eigenvalue weighted by Gasteiger charge is 2.50. The summed E-state index contributed by atoms with van der Waals surface area (Å²) in [4.78, 5) is 12.9. The standard InChI is InChI=1S/C8H12F2N2O/c9-8(10)1-5(2-8)7(13)12-3-6(11)4-12/h5-6H,1-4,11H2. The average Bonchev–Trinajstić information content (AvgIpc) is 1.92. The van der Waals surface area contributed by atoms with Crippen LogP contribution in [0, 0.1) is 5.92 Å². The van der Waals surface area contributed by atoms with Gasteiger partial charge in [0.15, 0.2) is 0 Å². The van der Waals surface area contributed by atoms with Crippen molar-refractivity contribution < 1.29 is 13.6 Å². The number of likely N-dealkylation sites (tertiary alicyclic amines) is 1. The normalized spacial score (nSPS) is 28.1. The Morgan fingerprint density at radius 1 is 1.38 bits per heavy atom. The van der Waals surface area contributed by atoms with Gasteiger partial charge in [-0.2, -0.15) is 0 Å². The molecule has 1 amide bonds. The maximum Gasteiger partial charge on any atom is 0.249 e. The van der Waals surface area contributed by atoms with E-state index in [2.05, 4.69) is 0 Å². The maximum absolute atomic E-state index is 12.4. The number of rotatable bonds is 1. The van der Waals surface area contributed by atoms with Crippen molar-refractivity contribution in [3.8, 4) is 0 Å². The quantitative estimate of drug-likeness (QED) is 0.642. The summed E-state index contributed by atoms with van der Waals surface area (Å²) in [6.07, 6.45) is -0.560. The Kier molecular flexibility index (Phi) is 1.80. The van der Waals surface area contributed by atoms with Crippen LogP contribution in [0.1, 0.15) is 12.8 Å². The SMILES string of the molecule is NC1CN(C(=O)C2CC(F)(F)C2)C1. The highest BCUT2D eigenvalue weighted by Crippen LogP contribution is 2.43. The maximum atomic E-state index is 12.4. The molecule has 1 heterocycles. The van der Waals surface area contributed by atoms with Gasteiger partial charge in [-0.05, 0) is 0 Å². The molecule has 2 rings (SSSR count). The average molecular weight is 190 g/mol. The van der Waals surface area contributed by atoms with E-state index in [0.717, 1.165) is 0 Å². The smallest absolute Gasteiger partial charge is 0.249 e. The molecule has 1 aliphatic heterocycles. The van der Waals surface area contributed by atoms with Gasteiger partial charge in [-0.1, -0.05) is 0 Å². The number of halogens is 2. The third-order valence-corrected chi connectivity index (χ3v) is 2.66. The van der Waals surface area contributed by atoms with Crippen molar-refractivity contribution in [2.45, 2.75) is 24.8 Å². The summed E-state index contributed by atoms with van der Waals surface area (Å²) in [6, 6.07) is 0.0459. The zero-order chi connectivity index (χ0) is 9.64. The van der Waals surface area contributed by atoms with E-state index in [4.69, 9.17) is 5.73 Å². The minimum atomic E-state index is -2.60. The van der Waals surface area contributed by atoms with Crippen LogP contribution in [-0.2, 0) is 4.79 Å². The molecule has 3 nitrogen and oxygen atoms in total. The third-order valence-electron chi connectivity index (χ3n) is 2.66. The zero-order valence-electron chi connectivity index (χ0n) is 7.17. The third kappa shape index (κ3) is 1.52. The van der Waals surface area contributed by atoms with E-state index in [9.17, 15) is 13.6 Å². The minimum Gasteiger partial charge on any atom is -0.339 e. The van der Waals surface area contributed by atoms with Crippen LogP contribution in [0.2, 0.25) is 0 Å². The molecule has 0 aromatic heterocycles. The first-order valence-corrected chi connectivity index (χ1v) is 4.40. The van der Waals surface area contributed by atoms with E-state index in [0.29, 0.717) is 13.1 Å². The predicted octanol–water partition coefficient (Wildman–Crippen LogP) is 0.201. The minimum absolute atomic E-state index is 0.0459. The first-order chi connectivity index (χ1) is 5.98. The second-order valence-corrected chi connectivity index (χ2v) is 3.96. The first kappa shape index (κ1) is 8.87. The van der Waals surface area contributed by atoms with Crippen molar-refractivity contribution in [2.24, 2.45) is 11.7 Å². The Balaban J connectivity index is 1.80. The highest BCUT2D eigenvalue weighted by molar-refractivity contribution is 5.81. The molecule has 0 unspecified atom stereocenters. The number of carbonyl (C=O) groups excluding carboxylic acids is 1. The van der Waals surface area contributed by atoms with Crippen molar-refractivity contribution in [3.05, 3.63) is 0 Å². The van der Waals surface area contributed by atoms with Gasteiger partial charge in [0.2, 0.25) is 11.8 Å². The summed E-state index contributed by atoms with van der Waals surface area (Å²) in [5.41, 5.74) is 5.48. The summed E-state index contributed by atoms with van der Waals surface area (Å²) in [5, 5.41) is 0. The molecule has 0 atom stereocenters. The molecule has 2 N–H and O–H groups in total. The summed E-state index contributed by atoms with van der Waals surface area (Å²) < 4.78 is 24.8. The molecule has 0 aromatic carbocycles. The molecule has 1 aliphatic carbocycles. The van der Waals surface area contributed by atoms with Crippen molar-refractivity contribution in [1.82, 2.24) is 4.90 Å². The van der Waals surface area contributed by atoms with Gasteiger partial charge < -0.3 is 10.6 Å². The van der Waals surface area contributed by atoms with Crippen LogP contribution in [0.5, 0.6) is 0 Å². The summed E-state index contributed by atoms with van der Waals surface area (Å²) in [7, 11) is 0. The monoisotopic (exact) mass is 190 g/mol. The lowest BCUT2D eigenvalue weighted by molar-refractivity contribution is -0.163. The van der Waals surface area contributed by atoms with Gasteiger partial charge in [-0.25, -0.2) is 8.78 Å². The Morgan fingerprint density at radius 3 is 2.31 bits per heavy atom. The molecular formula is C8H12F2N2O. The molecule has 1 saturated heterocycles. The number of carbonyl (C=O) groups is 1. The predicted molar refractivity (Wildman–Crippen MR) is 42.2 cm³/mol. The Hall–Kier alpha value is -0.710. The van der Waals surface area contributed by atoms with E-state index in [-0.39, 0.29) is 24.8 Å². The van der Waals surface area contributed by atoms with Crippen molar-refractivity contribution in [2.75, 3.05) is 13.1 Å². The summed E-state index contributed by atoms with van der Waals surface area (Å²) in [5.74, 6) is -3.21. The Morgan fingerprint density at radius 2 is 1.92 bits per heavy atom. The lowest BCUT2D eigenvalue weighted by Crippen LogP contribution is -2.61. The molecule has 1 saturated carbocycles. The summed E-state index contributed by atoms with van der Waals surface area (Å²) >= 11 is 0. The van der Waals surface area contributed by atoms with Gasteiger partial charge in [0.1, 0.15) is 0 Å². The van der Waals surface area contributed by atoms with E-state index >= 15 is 0 Å². The molecule has 2 fully saturated rings. The number of hydrogen-bond acceptors (Lipinski definition) is 2. The van der Waals surface area contributed by atoms with Crippen LogP contribution in [-0.4, -0.2) is 35.9 Å². The molecule has 0 spiro atoms. The van der Waals surface area contributed by atoms with Crippen LogP contribution < -0.4 is 5.73 Å². The molecule has 13 heavy (non-hydrogen) atoms. The van der Waals surface area contributed by atoms with Crippen LogP contribution in [0.15, 0.2) is 0 Å². The van der Waals surface area contributed by atoms with Crippen LogP contribution in [0.4, 0.5) is 8.78 Å². The fourth-order valence-electron chi connectivity index (χ4n) is 1.79. The zero-order valence-corrected chi connectivity index (χ0v) is 7.17. The topological polar surface area (TPSA) is 46.3 Å². The molecule has 0 bridgehead atoms. The number of amides is 1. The van der Waals surface area contributed by atoms with E-state index in [1.54, 1.807) is 4.90 Å². The number of alkyl halides is 2.